The van der Waals surface area contributed by atoms with Gasteiger partial charge in [0.25, 0.3) is 0 Å². The molecule has 2 heterocycles. The Morgan fingerprint density at radius 3 is 2.94 bits per heavy atom. The number of carbonyl (C=O) groups is 1. The van der Waals surface area contributed by atoms with Crippen LogP contribution in [0.25, 0.3) is 0 Å². The smallest absolute Gasteiger partial charge is 0.352 e. The Bertz CT molecular complexity index is 491. The second kappa shape index (κ2) is 5.30. The highest BCUT2D eigenvalue weighted by Crippen LogP contribution is 2.06. The van der Waals surface area contributed by atoms with Crippen molar-refractivity contribution in [3.8, 4) is 0 Å². The molecule has 0 atom stereocenters. The predicted octanol–water partition coefficient (Wildman–Crippen LogP) is 2.21. The van der Waals surface area contributed by atoms with Crippen LogP contribution in [-0.4, -0.2) is 20.6 Å². The minimum Gasteiger partial charge on any atom is -0.477 e. The highest BCUT2D eigenvalue weighted by molar-refractivity contribution is 5.85. The molecule has 0 aliphatic heterocycles. The summed E-state index contributed by atoms with van der Waals surface area (Å²) in [6, 6.07) is 7.31. The number of carboxylic acid groups (broad SMARTS) is 1. The molecule has 0 aliphatic carbocycles. The zero-order valence-corrected chi connectivity index (χ0v) is 9.41. The van der Waals surface area contributed by atoms with Gasteiger partial charge in [-0.15, -0.1) is 0 Å². The molecule has 0 saturated carbocycles. The molecule has 0 spiro atoms. The van der Waals surface area contributed by atoms with E-state index in [9.17, 15) is 4.79 Å². The van der Waals surface area contributed by atoms with Crippen LogP contribution in [0, 0.1) is 0 Å². The summed E-state index contributed by atoms with van der Waals surface area (Å²) in [5.41, 5.74) is 1.52. The van der Waals surface area contributed by atoms with E-state index in [0.29, 0.717) is 12.2 Å². The van der Waals surface area contributed by atoms with Gasteiger partial charge in [-0.25, -0.2) is 4.79 Å². The standard InChI is InChI=1S/C13H14N2O2/c16-13(17)12-6-3-9-15(12)8-2-5-11-4-1-7-14-10-11/h1,3-4,6-7,9-10H,2,5,8H2,(H,16,17). The van der Waals surface area contributed by atoms with Gasteiger partial charge in [0.1, 0.15) is 5.69 Å². The zero-order valence-electron chi connectivity index (χ0n) is 9.41. The normalized spacial score (nSPS) is 10.4. The van der Waals surface area contributed by atoms with Crippen molar-refractivity contribution in [3.63, 3.8) is 0 Å². The van der Waals surface area contributed by atoms with Crippen molar-refractivity contribution in [3.05, 3.63) is 54.1 Å². The van der Waals surface area contributed by atoms with Gasteiger partial charge in [0.15, 0.2) is 0 Å². The van der Waals surface area contributed by atoms with E-state index in [0.717, 1.165) is 12.8 Å². The second-order valence-corrected chi connectivity index (χ2v) is 3.86. The zero-order chi connectivity index (χ0) is 12.1. The molecule has 0 radical (unpaired) electrons. The molecule has 0 bridgehead atoms. The molecule has 17 heavy (non-hydrogen) atoms. The van der Waals surface area contributed by atoms with E-state index < -0.39 is 5.97 Å². The SMILES string of the molecule is O=C(O)c1cccn1CCCc1cccnc1. The van der Waals surface area contributed by atoms with Crippen molar-refractivity contribution in [2.75, 3.05) is 0 Å². The van der Waals surface area contributed by atoms with Crippen LogP contribution in [0.2, 0.25) is 0 Å². The van der Waals surface area contributed by atoms with Crippen LogP contribution in [0.5, 0.6) is 0 Å². The van der Waals surface area contributed by atoms with Crippen LogP contribution in [-0.2, 0) is 13.0 Å². The molecular formula is C13H14N2O2. The average Bonchev–Trinajstić information content (AvgIpc) is 2.79. The Kier molecular flexibility index (Phi) is 3.55. The van der Waals surface area contributed by atoms with Crippen molar-refractivity contribution >= 4 is 5.97 Å². The monoisotopic (exact) mass is 230 g/mol. The molecule has 4 nitrogen and oxygen atoms in total. The molecule has 2 aromatic heterocycles. The number of hydrogen-bond acceptors (Lipinski definition) is 2. The number of aryl methyl sites for hydroxylation is 2. The van der Waals surface area contributed by atoms with E-state index in [-0.39, 0.29) is 0 Å². The van der Waals surface area contributed by atoms with E-state index in [1.54, 1.807) is 29.1 Å². The third kappa shape index (κ3) is 2.93. The second-order valence-electron chi connectivity index (χ2n) is 3.86. The van der Waals surface area contributed by atoms with Crippen LogP contribution in [0.4, 0.5) is 0 Å². The van der Waals surface area contributed by atoms with Gasteiger partial charge in [0, 0.05) is 25.1 Å². The van der Waals surface area contributed by atoms with Crippen LogP contribution in [0.15, 0.2) is 42.9 Å². The van der Waals surface area contributed by atoms with E-state index >= 15 is 0 Å². The fourth-order valence-electron chi connectivity index (χ4n) is 1.80. The van der Waals surface area contributed by atoms with Gasteiger partial charge >= 0.3 is 5.97 Å². The van der Waals surface area contributed by atoms with E-state index in [1.807, 2.05) is 18.3 Å². The molecule has 0 saturated heterocycles. The van der Waals surface area contributed by atoms with Gasteiger partial charge in [-0.3, -0.25) is 4.98 Å². The molecule has 1 N–H and O–H groups in total. The predicted molar refractivity (Wildman–Crippen MR) is 63.9 cm³/mol. The van der Waals surface area contributed by atoms with Gasteiger partial charge in [0.2, 0.25) is 0 Å². The lowest BCUT2D eigenvalue weighted by Crippen LogP contribution is -2.08. The molecule has 4 heteroatoms. The molecule has 88 valence electrons. The quantitative estimate of drug-likeness (QED) is 0.856. The minimum atomic E-state index is -0.878. The average molecular weight is 230 g/mol. The molecular weight excluding hydrogens is 216 g/mol. The maximum atomic E-state index is 10.9. The van der Waals surface area contributed by atoms with Gasteiger partial charge in [-0.2, -0.15) is 0 Å². The number of pyridine rings is 1. The molecule has 0 unspecified atom stereocenters. The Hall–Kier alpha value is -2.10. The first-order valence-electron chi connectivity index (χ1n) is 5.55. The first kappa shape index (κ1) is 11.4. The summed E-state index contributed by atoms with van der Waals surface area (Å²) in [6.45, 7) is 0.712. The van der Waals surface area contributed by atoms with Crippen LogP contribution in [0.1, 0.15) is 22.5 Å². The Morgan fingerprint density at radius 1 is 1.35 bits per heavy atom. The maximum Gasteiger partial charge on any atom is 0.352 e. The number of aromatic carboxylic acids is 1. The summed E-state index contributed by atoms with van der Waals surface area (Å²) in [4.78, 5) is 14.9. The highest BCUT2D eigenvalue weighted by atomic mass is 16.4. The first-order valence-corrected chi connectivity index (χ1v) is 5.55. The lowest BCUT2D eigenvalue weighted by molar-refractivity contribution is 0.0685. The highest BCUT2D eigenvalue weighted by Gasteiger charge is 2.07. The Labute approximate surface area is 99.5 Å². The molecule has 0 fully saturated rings. The summed E-state index contributed by atoms with van der Waals surface area (Å²) in [5.74, 6) is -0.878. The van der Waals surface area contributed by atoms with Gasteiger partial charge < -0.3 is 9.67 Å². The summed E-state index contributed by atoms with van der Waals surface area (Å²) >= 11 is 0. The third-order valence-corrected chi connectivity index (χ3v) is 2.64. The van der Waals surface area contributed by atoms with Crippen molar-refractivity contribution < 1.29 is 9.90 Å². The summed E-state index contributed by atoms with van der Waals surface area (Å²) < 4.78 is 1.76. The molecule has 2 rings (SSSR count). The van der Waals surface area contributed by atoms with Crippen LogP contribution >= 0.6 is 0 Å². The van der Waals surface area contributed by atoms with E-state index in [1.165, 1.54) is 5.56 Å². The van der Waals surface area contributed by atoms with Crippen molar-refractivity contribution in [2.45, 2.75) is 19.4 Å². The number of rotatable bonds is 5. The molecule has 0 aromatic carbocycles. The Balaban J connectivity index is 1.90. The van der Waals surface area contributed by atoms with Crippen LogP contribution in [0.3, 0.4) is 0 Å². The number of carboxylic acids is 1. The fraction of sp³-hybridized carbons (Fsp3) is 0.231. The van der Waals surface area contributed by atoms with Crippen LogP contribution < -0.4 is 0 Å². The summed E-state index contributed by atoms with van der Waals surface area (Å²) in [7, 11) is 0. The third-order valence-electron chi connectivity index (χ3n) is 2.64. The topological polar surface area (TPSA) is 55.1 Å². The number of aromatic nitrogens is 2. The molecule has 0 amide bonds. The Morgan fingerprint density at radius 2 is 2.24 bits per heavy atom. The van der Waals surface area contributed by atoms with Gasteiger partial charge in [0.05, 0.1) is 0 Å². The lowest BCUT2D eigenvalue weighted by Gasteiger charge is -2.05. The molecule has 0 aliphatic rings. The van der Waals surface area contributed by atoms with E-state index in [2.05, 4.69) is 4.98 Å². The van der Waals surface area contributed by atoms with Crippen molar-refractivity contribution in [2.24, 2.45) is 0 Å². The number of hydrogen-bond donors (Lipinski definition) is 1. The number of nitrogens with zero attached hydrogens (tertiary/aromatic N) is 2. The summed E-state index contributed by atoms with van der Waals surface area (Å²) in [6.07, 6.45) is 7.20. The van der Waals surface area contributed by atoms with Gasteiger partial charge in [-0.05, 0) is 36.6 Å². The lowest BCUT2D eigenvalue weighted by atomic mass is 10.1. The minimum absolute atomic E-state index is 0.344. The van der Waals surface area contributed by atoms with E-state index in [4.69, 9.17) is 5.11 Å². The first-order chi connectivity index (χ1) is 8.27. The van der Waals surface area contributed by atoms with Crippen molar-refractivity contribution in [1.82, 2.24) is 9.55 Å². The maximum absolute atomic E-state index is 10.9. The summed E-state index contributed by atoms with van der Waals surface area (Å²) in [5, 5.41) is 8.94. The van der Waals surface area contributed by atoms with Gasteiger partial charge in [-0.1, -0.05) is 6.07 Å². The largest absolute Gasteiger partial charge is 0.477 e. The fourth-order valence-corrected chi connectivity index (χ4v) is 1.80. The molecule has 2 aromatic rings. The van der Waals surface area contributed by atoms with Crippen molar-refractivity contribution in [1.29, 1.82) is 0 Å².